The van der Waals surface area contributed by atoms with Gasteiger partial charge in [0.2, 0.25) is 0 Å². The van der Waals surface area contributed by atoms with Gasteiger partial charge in [-0.2, -0.15) is 0 Å². The number of carbonyl (C=O) groups is 1. The van der Waals surface area contributed by atoms with E-state index in [9.17, 15) is 4.79 Å². The molecule has 0 atom stereocenters. The fourth-order valence-electron chi connectivity index (χ4n) is 2.47. The van der Waals surface area contributed by atoms with Gasteiger partial charge in [-0.15, -0.1) is 0 Å². The average molecular weight is 291 g/mol. The van der Waals surface area contributed by atoms with E-state index in [4.69, 9.17) is 0 Å². The molecule has 0 saturated carbocycles. The molecule has 4 heteroatoms. The minimum Gasteiger partial charge on any atom is -0.335 e. The number of hydrogen-bond donors (Lipinski definition) is 0. The van der Waals surface area contributed by atoms with Gasteiger partial charge in [-0.05, 0) is 24.6 Å². The number of para-hydroxylation sites is 1. The van der Waals surface area contributed by atoms with Crippen LogP contribution < -0.4 is 0 Å². The van der Waals surface area contributed by atoms with Crippen molar-refractivity contribution in [3.05, 3.63) is 72.1 Å². The maximum atomic E-state index is 12.9. The van der Waals surface area contributed by atoms with Crippen molar-refractivity contribution in [2.24, 2.45) is 0 Å². The molecule has 0 spiro atoms. The largest absolute Gasteiger partial charge is 0.335 e. The summed E-state index contributed by atoms with van der Waals surface area (Å²) in [5.41, 5.74) is 3.11. The summed E-state index contributed by atoms with van der Waals surface area (Å²) in [4.78, 5) is 23.2. The number of benzene rings is 2. The van der Waals surface area contributed by atoms with Crippen LogP contribution in [0.5, 0.6) is 0 Å². The van der Waals surface area contributed by atoms with Crippen LogP contribution in [0.4, 0.5) is 0 Å². The van der Waals surface area contributed by atoms with Crippen molar-refractivity contribution in [2.45, 2.75) is 13.5 Å². The lowest BCUT2D eigenvalue weighted by Crippen LogP contribution is -2.30. The highest BCUT2D eigenvalue weighted by atomic mass is 16.2. The highest BCUT2D eigenvalue weighted by molar-refractivity contribution is 6.04. The molecule has 2 aromatic carbocycles. The second-order valence-corrected chi connectivity index (χ2v) is 5.03. The molecule has 0 fully saturated rings. The van der Waals surface area contributed by atoms with Crippen molar-refractivity contribution in [2.75, 3.05) is 6.54 Å². The summed E-state index contributed by atoms with van der Waals surface area (Å²) in [7, 11) is 0. The second-order valence-electron chi connectivity index (χ2n) is 5.03. The Kier molecular flexibility index (Phi) is 4.10. The molecule has 0 aliphatic rings. The van der Waals surface area contributed by atoms with Gasteiger partial charge in [0.1, 0.15) is 5.52 Å². The topological polar surface area (TPSA) is 46.1 Å². The molecule has 0 aliphatic heterocycles. The van der Waals surface area contributed by atoms with Gasteiger partial charge in [0.15, 0.2) is 0 Å². The third kappa shape index (κ3) is 2.81. The van der Waals surface area contributed by atoms with Crippen molar-refractivity contribution >= 4 is 16.9 Å². The molecule has 1 amide bonds. The lowest BCUT2D eigenvalue weighted by molar-refractivity contribution is 0.0754. The van der Waals surface area contributed by atoms with Gasteiger partial charge in [-0.25, -0.2) is 0 Å². The molecule has 0 bridgehead atoms. The van der Waals surface area contributed by atoms with Gasteiger partial charge in [0.05, 0.1) is 11.1 Å². The molecule has 0 N–H and O–H groups in total. The molecule has 3 aromatic rings. The highest BCUT2D eigenvalue weighted by Gasteiger charge is 2.17. The fourth-order valence-corrected chi connectivity index (χ4v) is 2.47. The molecule has 0 saturated heterocycles. The minimum atomic E-state index is -0.0162. The average Bonchev–Trinajstić information content (AvgIpc) is 2.59. The lowest BCUT2D eigenvalue weighted by Gasteiger charge is -2.21. The van der Waals surface area contributed by atoms with Crippen LogP contribution in [0.1, 0.15) is 22.8 Å². The van der Waals surface area contributed by atoms with Crippen molar-refractivity contribution in [1.29, 1.82) is 0 Å². The van der Waals surface area contributed by atoms with Crippen LogP contribution in [-0.2, 0) is 6.54 Å². The van der Waals surface area contributed by atoms with E-state index >= 15 is 0 Å². The number of rotatable bonds is 4. The summed E-state index contributed by atoms with van der Waals surface area (Å²) in [6.45, 7) is 3.22. The van der Waals surface area contributed by atoms with Gasteiger partial charge in [-0.3, -0.25) is 14.8 Å². The third-order valence-corrected chi connectivity index (χ3v) is 3.61. The second kappa shape index (κ2) is 6.35. The Morgan fingerprint density at radius 3 is 2.55 bits per heavy atom. The zero-order valence-electron chi connectivity index (χ0n) is 12.4. The van der Waals surface area contributed by atoms with Crippen molar-refractivity contribution in [3.63, 3.8) is 0 Å². The summed E-state index contributed by atoms with van der Waals surface area (Å²) >= 11 is 0. The molecule has 110 valence electrons. The molecule has 0 unspecified atom stereocenters. The van der Waals surface area contributed by atoms with E-state index in [1.165, 1.54) is 0 Å². The smallest absolute Gasteiger partial charge is 0.256 e. The Balaban J connectivity index is 1.93. The van der Waals surface area contributed by atoms with Gasteiger partial charge in [-0.1, -0.05) is 36.4 Å². The van der Waals surface area contributed by atoms with Gasteiger partial charge in [0.25, 0.3) is 5.91 Å². The molecule has 0 radical (unpaired) electrons. The zero-order valence-corrected chi connectivity index (χ0v) is 12.4. The van der Waals surface area contributed by atoms with Crippen LogP contribution in [0.3, 0.4) is 0 Å². The summed E-state index contributed by atoms with van der Waals surface area (Å²) < 4.78 is 0. The van der Waals surface area contributed by atoms with Gasteiger partial charge in [0, 0.05) is 25.5 Å². The number of aromatic nitrogens is 2. The molecule has 1 aromatic heterocycles. The first-order valence-electron chi connectivity index (χ1n) is 7.32. The number of nitrogens with zero attached hydrogens (tertiary/aromatic N) is 3. The van der Waals surface area contributed by atoms with E-state index in [2.05, 4.69) is 9.97 Å². The molecule has 1 heterocycles. The maximum absolute atomic E-state index is 12.9. The summed E-state index contributed by atoms with van der Waals surface area (Å²) in [5, 5.41) is 0. The molecule has 0 aliphatic carbocycles. The van der Waals surface area contributed by atoms with Crippen molar-refractivity contribution < 1.29 is 4.79 Å². The van der Waals surface area contributed by atoms with E-state index in [1.54, 1.807) is 12.4 Å². The highest BCUT2D eigenvalue weighted by Crippen LogP contribution is 2.17. The van der Waals surface area contributed by atoms with Gasteiger partial charge < -0.3 is 4.90 Å². The predicted octanol–water partition coefficient (Wildman–Crippen LogP) is 3.29. The Hall–Kier alpha value is -2.75. The number of amides is 1. The Morgan fingerprint density at radius 2 is 1.77 bits per heavy atom. The minimum absolute atomic E-state index is 0.0162. The number of fused-ring (bicyclic) bond motifs is 1. The normalized spacial score (nSPS) is 10.6. The standard InChI is InChI=1S/C18H17N3O/c1-2-21(13-14-7-4-3-5-8-14)18(22)15-9-6-10-16-17(15)20-12-11-19-16/h3-12H,2,13H2,1H3. The van der Waals surface area contributed by atoms with Crippen molar-refractivity contribution in [3.8, 4) is 0 Å². The summed E-state index contributed by atoms with van der Waals surface area (Å²) in [6.07, 6.45) is 3.25. The predicted molar refractivity (Wildman–Crippen MR) is 86.4 cm³/mol. The molecule has 22 heavy (non-hydrogen) atoms. The van der Waals surface area contributed by atoms with Crippen LogP contribution in [-0.4, -0.2) is 27.3 Å². The Bertz CT molecular complexity index is 781. The summed E-state index contributed by atoms with van der Waals surface area (Å²) in [5.74, 6) is -0.0162. The van der Waals surface area contributed by atoms with Crippen LogP contribution >= 0.6 is 0 Å². The van der Waals surface area contributed by atoms with E-state index < -0.39 is 0 Å². The van der Waals surface area contributed by atoms with Crippen LogP contribution in [0, 0.1) is 0 Å². The number of carbonyl (C=O) groups excluding carboxylic acids is 1. The SMILES string of the molecule is CCN(Cc1ccccc1)C(=O)c1cccc2nccnc12. The quantitative estimate of drug-likeness (QED) is 0.741. The Labute approximate surface area is 129 Å². The Morgan fingerprint density at radius 1 is 1.00 bits per heavy atom. The van der Waals surface area contributed by atoms with E-state index in [0.29, 0.717) is 24.2 Å². The summed E-state index contributed by atoms with van der Waals surface area (Å²) in [6, 6.07) is 15.5. The molecule has 3 rings (SSSR count). The molecular weight excluding hydrogens is 274 g/mol. The zero-order chi connectivity index (χ0) is 15.4. The van der Waals surface area contributed by atoms with E-state index in [-0.39, 0.29) is 5.91 Å². The first kappa shape index (κ1) is 14.2. The number of hydrogen-bond acceptors (Lipinski definition) is 3. The first-order valence-corrected chi connectivity index (χ1v) is 7.32. The van der Waals surface area contributed by atoms with Crippen LogP contribution in [0.25, 0.3) is 11.0 Å². The third-order valence-electron chi connectivity index (χ3n) is 3.61. The van der Waals surface area contributed by atoms with E-state index in [0.717, 1.165) is 11.1 Å². The monoisotopic (exact) mass is 291 g/mol. The molecular formula is C18H17N3O. The van der Waals surface area contributed by atoms with E-state index in [1.807, 2.05) is 60.4 Å². The molecule has 4 nitrogen and oxygen atoms in total. The fraction of sp³-hybridized carbons (Fsp3) is 0.167. The lowest BCUT2D eigenvalue weighted by atomic mass is 10.1. The van der Waals surface area contributed by atoms with Crippen LogP contribution in [0.15, 0.2) is 60.9 Å². The first-order chi connectivity index (χ1) is 10.8. The maximum Gasteiger partial charge on any atom is 0.256 e. The van der Waals surface area contributed by atoms with Gasteiger partial charge >= 0.3 is 0 Å². The van der Waals surface area contributed by atoms with Crippen molar-refractivity contribution in [1.82, 2.24) is 14.9 Å². The van der Waals surface area contributed by atoms with Crippen LogP contribution in [0.2, 0.25) is 0 Å².